The Labute approximate surface area is 112 Å². The highest BCUT2D eigenvalue weighted by Gasteiger charge is 2.23. The van der Waals surface area contributed by atoms with Crippen LogP contribution in [0.5, 0.6) is 0 Å². The first-order chi connectivity index (χ1) is 9.17. The highest BCUT2D eigenvalue weighted by molar-refractivity contribution is 5.67. The first-order valence-corrected chi connectivity index (χ1v) is 6.93. The van der Waals surface area contributed by atoms with E-state index < -0.39 is 5.97 Å². The molecule has 1 aliphatic rings. The summed E-state index contributed by atoms with van der Waals surface area (Å²) in [6.07, 6.45) is 4.10. The van der Waals surface area contributed by atoms with Gasteiger partial charge in [-0.2, -0.15) is 4.98 Å². The summed E-state index contributed by atoms with van der Waals surface area (Å²) in [5.74, 6) is 0.931. The van der Waals surface area contributed by atoms with Crippen molar-refractivity contribution in [1.29, 1.82) is 0 Å². The van der Waals surface area contributed by atoms with E-state index in [4.69, 9.17) is 9.63 Å². The van der Waals surface area contributed by atoms with E-state index in [1.165, 1.54) is 0 Å². The van der Waals surface area contributed by atoms with Crippen molar-refractivity contribution in [2.24, 2.45) is 5.92 Å². The average molecular weight is 267 g/mol. The zero-order valence-corrected chi connectivity index (χ0v) is 11.3. The molecular weight excluding hydrogens is 246 g/mol. The van der Waals surface area contributed by atoms with Gasteiger partial charge in [0, 0.05) is 19.4 Å². The van der Waals surface area contributed by atoms with Gasteiger partial charge in [-0.05, 0) is 31.7 Å². The Morgan fingerprint density at radius 1 is 1.58 bits per heavy atom. The maximum absolute atomic E-state index is 10.7. The van der Waals surface area contributed by atoms with Crippen LogP contribution in [0.25, 0.3) is 0 Å². The van der Waals surface area contributed by atoms with Crippen molar-refractivity contribution in [2.75, 3.05) is 13.1 Å². The molecule has 1 aromatic heterocycles. The van der Waals surface area contributed by atoms with Gasteiger partial charge in [0.05, 0.1) is 6.54 Å². The second kappa shape index (κ2) is 6.65. The molecular formula is C13H21N3O3. The zero-order valence-electron chi connectivity index (χ0n) is 11.3. The van der Waals surface area contributed by atoms with Gasteiger partial charge in [-0.15, -0.1) is 0 Å². The monoisotopic (exact) mass is 267 g/mol. The van der Waals surface area contributed by atoms with Gasteiger partial charge >= 0.3 is 5.97 Å². The van der Waals surface area contributed by atoms with Gasteiger partial charge in [0.2, 0.25) is 5.89 Å². The van der Waals surface area contributed by atoms with E-state index in [0.29, 0.717) is 18.3 Å². The van der Waals surface area contributed by atoms with E-state index >= 15 is 0 Å². The summed E-state index contributed by atoms with van der Waals surface area (Å²) in [5, 5.41) is 12.8. The van der Waals surface area contributed by atoms with Crippen LogP contribution < -0.4 is 0 Å². The molecule has 2 rings (SSSR count). The predicted octanol–water partition coefficient (Wildman–Crippen LogP) is 1.71. The molecule has 0 aromatic carbocycles. The summed E-state index contributed by atoms with van der Waals surface area (Å²) in [4.78, 5) is 17.3. The highest BCUT2D eigenvalue weighted by Crippen LogP contribution is 2.20. The molecule has 1 unspecified atom stereocenters. The third-order valence-electron chi connectivity index (χ3n) is 3.41. The van der Waals surface area contributed by atoms with Crippen molar-refractivity contribution in [3.8, 4) is 0 Å². The van der Waals surface area contributed by atoms with Crippen LogP contribution in [0, 0.1) is 5.92 Å². The molecule has 1 aliphatic heterocycles. The smallest absolute Gasteiger partial charge is 0.303 e. The lowest BCUT2D eigenvalue weighted by Crippen LogP contribution is -2.36. The second-order valence-corrected chi connectivity index (χ2v) is 5.20. The molecule has 106 valence electrons. The Balaban J connectivity index is 1.85. The highest BCUT2D eigenvalue weighted by atomic mass is 16.5. The van der Waals surface area contributed by atoms with Gasteiger partial charge in [0.15, 0.2) is 5.82 Å². The van der Waals surface area contributed by atoms with Crippen LogP contribution in [0.15, 0.2) is 4.52 Å². The van der Waals surface area contributed by atoms with E-state index in [2.05, 4.69) is 22.0 Å². The molecule has 1 fully saturated rings. The summed E-state index contributed by atoms with van der Waals surface area (Å²) in [6, 6.07) is 0. The fourth-order valence-corrected chi connectivity index (χ4v) is 2.58. The lowest BCUT2D eigenvalue weighted by atomic mass is 9.95. The molecule has 0 spiro atoms. The number of nitrogens with zero attached hydrogens (tertiary/aromatic N) is 3. The van der Waals surface area contributed by atoms with Gasteiger partial charge in [-0.3, -0.25) is 9.69 Å². The number of carboxylic acid groups (broad SMARTS) is 1. The molecule has 0 radical (unpaired) electrons. The number of aliphatic carboxylic acids is 1. The maximum Gasteiger partial charge on any atom is 0.303 e. The van der Waals surface area contributed by atoms with Crippen LogP contribution in [0.3, 0.4) is 0 Å². The SMILES string of the molecule is CCCc1nc(CN2CCCC(CC(=O)O)C2)no1. The standard InChI is InChI=1S/C13H21N3O3/c1-2-4-12-14-11(15-19-12)9-16-6-3-5-10(8-16)7-13(17)18/h10H,2-9H2,1H3,(H,17,18). The van der Waals surface area contributed by atoms with Gasteiger partial charge in [-0.1, -0.05) is 12.1 Å². The quantitative estimate of drug-likeness (QED) is 0.845. The number of aromatic nitrogens is 2. The minimum atomic E-state index is -0.711. The molecule has 19 heavy (non-hydrogen) atoms. The van der Waals surface area contributed by atoms with Crippen LogP contribution in [-0.4, -0.2) is 39.2 Å². The molecule has 0 amide bonds. The topological polar surface area (TPSA) is 79.5 Å². The fourth-order valence-electron chi connectivity index (χ4n) is 2.58. The number of hydrogen-bond acceptors (Lipinski definition) is 5. The third-order valence-corrected chi connectivity index (χ3v) is 3.41. The number of rotatable bonds is 6. The van der Waals surface area contributed by atoms with E-state index in [-0.39, 0.29) is 12.3 Å². The second-order valence-electron chi connectivity index (χ2n) is 5.20. The minimum Gasteiger partial charge on any atom is -0.481 e. The summed E-state index contributed by atoms with van der Waals surface area (Å²) in [5.41, 5.74) is 0. The van der Waals surface area contributed by atoms with Crippen LogP contribution in [0.2, 0.25) is 0 Å². The Bertz CT molecular complexity index is 419. The third kappa shape index (κ3) is 4.31. The summed E-state index contributed by atoms with van der Waals surface area (Å²) >= 11 is 0. The molecule has 0 saturated carbocycles. The van der Waals surface area contributed by atoms with E-state index in [1.54, 1.807) is 0 Å². The minimum absolute atomic E-state index is 0.244. The molecule has 1 atom stereocenters. The van der Waals surface area contributed by atoms with E-state index in [1.807, 2.05) is 0 Å². The number of carboxylic acids is 1. The molecule has 0 bridgehead atoms. The van der Waals surface area contributed by atoms with Crippen molar-refractivity contribution in [1.82, 2.24) is 15.0 Å². The molecule has 6 nitrogen and oxygen atoms in total. The Hall–Kier alpha value is -1.43. The number of likely N-dealkylation sites (tertiary alicyclic amines) is 1. The number of carbonyl (C=O) groups is 1. The van der Waals surface area contributed by atoms with Gasteiger partial charge in [0.1, 0.15) is 0 Å². The van der Waals surface area contributed by atoms with Gasteiger partial charge < -0.3 is 9.63 Å². The Kier molecular flexibility index (Phi) is 4.90. The lowest BCUT2D eigenvalue weighted by molar-refractivity contribution is -0.138. The molecule has 1 N–H and O–H groups in total. The van der Waals surface area contributed by atoms with Crippen LogP contribution in [-0.2, 0) is 17.8 Å². The lowest BCUT2D eigenvalue weighted by Gasteiger charge is -2.30. The van der Waals surface area contributed by atoms with E-state index in [9.17, 15) is 4.79 Å². The first kappa shape index (κ1) is 14.0. The fraction of sp³-hybridized carbons (Fsp3) is 0.769. The first-order valence-electron chi connectivity index (χ1n) is 6.93. The summed E-state index contributed by atoms with van der Waals surface area (Å²) in [7, 11) is 0. The van der Waals surface area contributed by atoms with Gasteiger partial charge in [-0.25, -0.2) is 0 Å². The molecule has 1 saturated heterocycles. The van der Waals surface area contributed by atoms with Crippen LogP contribution in [0.4, 0.5) is 0 Å². The summed E-state index contributed by atoms with van der Waals surface area (Å²) in [6.45, 7) is 4.52. The Morgan fingerprint density at radius 3 is 3.16 bits per heavy atom. The van der Waals surface area contributed by atoms with Crippen molar-refractivity contribution in [3.63, 3.8) is 0 Å². The van der Waals surface area contributed by atoms with Crippen molar-refractivity contribution in [2.45, 2.75) is 45.6 Å². The zero-order chi connectivity index (χ0) is 13.7. The van der Waals surface area contributed by atoms with Crippen LogP contribution in [0.1, 0.15) is 44.3 Å². The average Bonchev–Trinajstić information content (AvgIpc) is 2.76. The van der Waals surface area contributed by atoms with Crippen molar-refractivity contribution in [3.05, 3.63) is 11.7 Å². The van der Waals surface area contributed by atoms with E-state index in [0.717, 1.165) is 38.8 Å². The molecule has 1 aromatic rings. The number of aryl methyl sites for hydroxylation is 1. The van der Waals surface area contributed by atoms with Crippen molar-refractivity contribution < 1.29 is 14.4 Å². The largest absolute Gasteiger partial charge is 0.481 e. The molecule has 0 aliphatic carbocycles. The predicted molar refractivity (Wildman–Crippen MR) is 68.5 cm³/mol. The number of hydrogen-bond donors (Lipinski definition) is 1. The molecule has 6 heteroatoms. The van der Waals surface area contributed by atoms with Crippen LogP contribution >= 0.6 is 0 Å². The maximum atomic E-state index is 10.7. The summed E-state index contributed by atoms with van der Waals surface area (Å²) < 4.78 is 5.16. The van der Waals surface area contributed by atoms with Gasteiger partial charge in [0.25, 0.3) is 0 Å². The Morgan fingerprint density at radius 2 is 2.42 bits per heavy atom. The normalized spacial score (nSPS) is 20.6. The number of piperidine rings is 1. The molecule has 2 heterocycles. The van der Waals surface area contributed by atoms with Crippen molar-refractivity contribution >= 4 is 5.97 Å².